The van der Waals surface area contributed by atoms with Crippen LogP contribution in [0.15, 0.2) is 36.4 Å². The molecular formula is C11H14S. The molecule has 1 aromatic rings. The molecule has 1 aromatic carbocycles. The van der Waals surface area contributed by atoms with Crippen LogP contribution in [-0.4, -0.2) is 12.0 Å². The highest BCUT2D eigenvalue weighted by molar-refractivity contribution is 7.99. The molecule has 0 fully saturated rings. The summed E-state index contributed by atoms with van der Waals surface area (Å²) in [6, 6.07) is 10.5. The molecule has 0 radical (unpaired) electrons. The van der Waals surface area contributed by atoms with Gasteiger partial charge >= 0.3 is 0 Å². The van der Waals surface area contributed by atoms with Crippen molar-refractivity contribution in [1.29, 1.82) is 0 Å². The van der Waals surface area contributed by atoms with Gasteiger partial charge in [-0.25, -0.2) is 0 Å². The summed E-state index contributed by atoms with van der Waals surface area (Å²) in [5.74, 6) is 1.10. The van der Waals surface area contributed by atoms with E-state index in [0.717, 1.165) is 5.75 Å². The lowest BCUT2D eigenvalue weighted by Gasteiger charge is -2.03. The Bertz CT molecular complexity index is 249. The quantitative estimate of drug-likeness (QED) is 0.683. The molecular weight excluding hydrogens is 164 g/mol. The summed E-state index contributed by atoms with van der Waals surface area (Å²) < 4.78 is 0. The standard InChI is InChI=1S/C11H14S/c1-3-10(9-12-2)11-7-5-4-6-8-11/h3-8H,9H2,1-2H3/b10-3-. The summed E-state index contributed by atoms with van der Waals surface area (Å²) in [6.45, 7) is 2.10. The summed E-state index contributed by atoms with van der Waals surface area (Å²) in [7, 11) is 0. The van der Waals surface area contributed by atoms with E-state index < -0.39 is 0 Å². The molecule has 0 saturated carbocycles. The van der Waals surface area contributed by atoms with Gasteiger partial charge in [0.05, 0.1) is 0 Å². The summed E-state index contributed by atoms with van der Waals surface area (Å²) in [5.41, 5.74) is 2.76. The lowest BCUT2D eigenvalue weighted by molar-refractivity contribution is 1.55. The Morgan fingerprint density at radius 1 is 1.33 bits per heavy atom. The lowest BCUT2D eigenvalue weighted by atomic mass is 10.1. The highest BCUT2D eigenvalue weighted by atomic mass is 32.2. The van der Waals surface area contributed by atoms with Crippen molar-refractivity contribution in [2.75, 3.05) is 12.0 Å². The Kier molecular flexibility index (Phi) is 3.95. The van der Waals surface area contributed by atoms with Crippen LogP contribution in [-0.2, 0) is 0 Å². The first kappa shape index (κ1) is 9.40. The topological polar surface area (TPSA) is 0 Å². The number of allylic oxidation sites excluding steroid dienone is 1. The van der Waals surface area contributed by atoms with Crippen LogP contribution < -0.4 is 0 Å². The smallest absolute Gasteiger partial charge is 0.0184 e. The molecule has 0 amide bonds. The third-order valence-corrected chi connectivity index (χ3v) is 2.39. The van der Waals surface area contributed by atoms with Crippen LogP contribution in [0.5, 0.6) is 0 Å². The molecule has 0 aromatic heterocycles. The molecule has 0 heterocycles. The molecule has 0 aliphatic heterocycles. The molecule has 1 heteroatoms. The van der Waals surface area contributed by atoms with Crippen LogP contribution in [0.4, 0.5) is 0 Å². The normalized spacial score (nSPS) is 11.7. The molecule has 64 valence electrons. The monoisotopic (exact) mass is 178 g/mol. The van der Waals surface area contributed by atoms with Crippen LogP contribution >= 0.6 is 11.8 Å². The van der Waals surface area contributed by atoms with Crippen molar-refractivity contribution in [3.8, 4) is 0 Å². The number of rotatable bonds is 3. The zero-order chi connectivity index (χ0) is 8.81. The number of hydrogen-bond acceptors (Lipinski definition) is 1. The van der Waals surface area contributed by atoms with Gasteiger partial charge in [0.15, 0.2) is 0 Å². The van der Waals surface area contributed by atoms with E-state index in [1.54, 1.807) is 0 Å². The highest BCUT2D eigenvalue weighted by Gasteiger charge is 1.96. The molecule has 0 N–H and O–H groups in total. The first-order valence-corrected chi connectivity index (χ1v) is 5.47. The average molecular weight is 178 g/mol. The second kappa shape index (κ2) is 5.04. The van der Waals surface area contributed by atoms with E-state index in [1.807, 2.05) is 11.8 Å². The zero-order valence-corrected chi connectivity index (χ0v) is 8.40. The van der Waals surface area contributed by atoms with Gasteiger partial charge in [-0.05, 0) is 24.3 Å². The van der Waals surface area contributed by atoms with Crippen molar-refractivity contribution in [3.05, 3.63) is 42.0 Å². The minimum Gasteiger partial charge on any atom is -0.161 e. The molecule has 0 saturated heterocycles. The Morgan fingerprint density at radius 2 is 2.00 bits per heavy atom. The van der Waals surface area contributed by atoms with Gasteiger partial charge in [-0.15, -0.1) is 0 Å². The highest BCUT2D eigenvalue weighted by Crippen LogP contribution is 2.17. The van der Waals surface area contributed by atoms with E-state index in [1.165, 1.54) is 11.1 Å². The van der Waals surface area contributed by atoms with E-state index in [-0.39, 0.29) is 0 Å². The fraction of sp³-hybridized carbons (Fsp3) is 0.273. The molecule has 0 atom stereocenters. The first-order chi connectivity index (χ1) is 5.88. The van der Waals surface area contributed by atoms with Gasteiger partial charge in [-0.1, -0.05) is 36.4 Å². The predicted octanol–water partition coefficient (Wildman–Crippen LogP) is 3.45. The van der Waals surface area contributed by atoms with Gasteiger partial charge in [0.2, 0.25) is 0 Å². The minimum atomic E-state index is 1.10. The van der Waals surface area contributed by atoms with Gasteiger partial charge in [-0.2, -0.15) is 11.8 Å². The Labute approximate surface area is 78.7 Å². The molecule has 12 heavy (non-hydrogen) atoms. The van der Waals surface area contributed by atoms with Crippen molar-refractivity contribution in [2.24, 2.45) is 0 Å². The van der Waals surface area contributed by atoms with Crippen molar-refractivity contribution in [2.45, 2.75) is 6.92 Å². The van der Waals surface area contributed by atoms with E-state index in [4.69, 9.17) is 0 Å². The largest absolute Gasteiger partial charge is 0.161 e. The van der Waals surface area contributed by atoms with Crippen LogP contribution in [0.2, 0.25) is 0 Å². The fourth-order valence-corrected chi connectivity index (χ4v) is 1.79. The van der Waals surface area contributed by atoms with Gasteiger partial charge in [0.1, 0.15) is 0 Å². The van der Waals surface area contributed by atoms with Crippen molar-refractivity contribution in [3.63, 3.8) is 0 Å². The van der Waals surface area contributed by atoms with Crippen molar-refractivity contribution >= 4 is 17.3 Å². The summed E-state index contributed by atoms with van der Waals surface area (Å²) in [4.78, 5) is 0. The number of benzene rings is 1. The number of hydrogen-bond donors (Lipinski definition) is 0. The van der Waals surface area contributed by atoms with Crippen LogP contribution in [0.1, 0.15) is 12.5 Å². The Hall–Kier alpha value is -0.690. The van der Waals surface area contributed by atoms with Gasteiger partial charge in [0, 0.05) is 5.75 Å². The minimum absolute atomic E-state index is 1.10. The Balaban J connectivity index is 2.82. The van der Waals surface area contributed by atoms with E-state index >= 15 is 0 Å². The van der Waals surface area contributed by atoms with Crippen LogP contribution in [0, 0.1) is 0 Å². The molecule has 0 bridgehead atoms. The maximum absolute atomic E-state index is 2.19. The molecule has 0 nitrogen and oxygen atoms in total. The fourth-order valence-electron chi connectivity index (χ4n) is 1.14. The SMILES string of the molecule is C/C=C(/CSC)c1ccccc1. The van der Waals surface area contributed by atoms with Crippen molar-refractivity contribution in [1.82, 2.24) is 0 Å². The van der Waals surface area contributed by atoms with E-state index in [9.17, 15) is 0 Å². The lowest BCUT2D eigenvalue weighted by Crippen LogP contribution is -1.85. The first-order valence-electron chi connectivity index (χ1n) is 4.08. The van der Waals surface area contributed by atoms with E-state index in [0.29, 0.717) is 0 Å². The molecule has 1 rings (SSSR count). The maximum atomic E-state index is 2.19. The Morgan fingerprint density at radius 3 is 2.50 bits per heavy atom. The number of thioether (sulfide) groups is 1. The van der Waals surface area contributed by atoms with Crippen LogP contribution in [0.3, 0.4) is 0 Å². The zero-order valence-electron chi connectivity index (χ0n) is 7.58. The molecule has 0 unspecified atom stereocenters. The molecule has 0 aliphatic rings. The second-order valence-corrected chi connectivity index (χ2v) is 3.48. The van der Waals surface area contributed by atoms with Crippen molar-refractivity contribution < 1.29 is 0 Å². The van der Waals surface area contributed by atoms with Gasteiger partial charge < -0.3 is 0 Å². The van der Waals surface area contributed by atoms with E-state index in [2.05, 4.69) is 49.6 Å². The predicted molar refractivity (Wildman–Crippen MR) is 58.5 cm³/mol. The summed E-state index contributed by atoms with van der Waals surface area (Å²) >= 11 is 1.86. The summed E-state index contributed by atoms with van der Waals surface area (Å²) in [6.07, 6.45) is 4.32. The maximum Gasteiger partial charge on any atom is 0.0184 e. The van der Waals surface area contributed by atoms with Gasteiger partial charge in [0.25, 0.3) is 0 Å². The summed E-state index contributed by atoms with van der Waals surface area (Å²) in [5, 5.41) is 0. The average Bonchev–Trinajstić information content (AvgIpc) is 2.15. The molecule has 0 aliphatic carbocycles. The second-order valence-electron chi connectivity index (χ2n) is 2.61. The van der Waals surface area contributed by atoms with Crippen LogP contribution in [0.25, 0.3) is 5.57 Å². The third-order valence-electron chi connectivity index (χ3n) is 1.79. The van der Waals surface area contributed by atoms with Gasteiger partial charge in [-0.3, -0.25) is 0 Å². The molecule has 0 spiro atoms. The third kappa shape index (κ3) is 2.42.